The van der Waals surface area contributed by atoms with E-state index in [-0.39, 0.29) is 0 Å². The Hall–Kier alpha value is -3.98. The van der Waals surface area contributed by atoms with Gasteiger partial charge in [0.15, 0.2) is 0 Å². The zero-order chi connectivity index (χ0) is 22.3. The molecule has 0 saturated carbocycles. The Morgan fingerprint density at radius 1 is 0.562 bits per heavy atom. The molecule has 0 N–H and O–H groups in total. The second-order valence-corrected chi connectivity index (χ2v) is 7.57. The molecule has 4 rings (SSSR count). The standard InChI is InChI=1S/C29H27NO2/c1-22-5-4-6-24(21-22)8-7-23-9-11-25(12-10-23)30(26-13-17-28(31-2)18-14-26)27-15-19-29(32-3)20-16-27/h4-21H,1-3H3. The fraction of sp³-hybridized carbons (Fsp3) is 0.103. The van der Waals surface area contributed by atoms with E-state index in [1.54, 1.807) is 14.2 Å². The van der Waals surface area contributed by atoms with Crippen molar-refractivity contribution < 1.29 is 9.47 Å². The van der Waals surface area contributed by atoms with Crippen molar-refractivity contribution >= 4 is 29.2 Å². The van der Waals surface area contributed by atoms with Crippen molar-refractivity contribution in [1.82, 2.24) is 0 Å². The molecule has 0 fully saturated rings. The van der Waals surface area contributed by atoms with Gasteiger partial charge in [0.2, 0.25) is 0 Å². The zero-order valence-corrected chi connectivity index (χ0v) is 18.7. The minimum absolute atomic E-state index is 0.833. The Kier molecular flexibility index (Phi) is 6.57. The van der Waals surface area contributed by atoms with Crippen LogP contribution >= 0.6 is 0 Å². The van der Waals surface area contributed by atoms with E-state index in [0.717, 1.165) is 34.1 Å². The van der Waals surface area contributed by atoms with E-state index in [1.807, 2.05) is 24.3 Å². The monoisotopic (exact) mass is 421 g/mol. The van der Waals surface area contributed by atoms with Crippen LogP contribution in [0.5, 0.6) is 11.5 Å². The summed E-state index contributed by atoms with van der Waals surface area (Å²) < 4.78 is 10.7. The van der Waals surface area contributed by atoms with Crippen LogP contribution in [0.3, 0.4) is 0 Å². The summed E-state index contributed by atoms with van der Waals surface area (Å²) in [5.41, 5.74) is 6.80. The maximum absolute atomic E-state index is 5.33. The number of ether oxygens (including phenoxy) is 2. The summed E-state index contributed by atoms with van der Waals surface area (Å²) in [5.74, 6) is 1.67. The van der Waals surface area contributed by atoms with Crippen molar-refractivity contribution in [2.24, 2.45) is 0 Å². The van der Waals surface area contributed by atoms with E-state index < -0.39 is 0 Å². The molecule has 3 heteroatoms. The summed E-state index contributed by atoms with van der Waals surface area (Å²) in [4.78, 5) is 2.22. The first-order chi connectivity index (χ1) is 15.7. The van der Waals surface area contributed by atoms with Crippen molar-refractivity contribution in [2.75, 3.05) is 19.1 Å². The van der Waals surface area contributed by atoms with Gasteiger partial charge in [0.05, 0.1) is 14.2 Å². The minimum Gasteiger partial charge on any atom is -0.497 e. The predicted octanol–water partition coefficient (Wildman–Crippen LogP) is 7.65. The van der Waals surface area contributed by atoms with E-state index >= 15 is 0 Å². The predicted molar refractivity (Wildman–Crippen MR) is 134 cm³/mol. The van der Waals surface area contributed by atoms with Crippen LogP contribution < -0.4 is 14.4 Å². The van der Waals surface area contributed by atoms with Gasteiger partial charge < -0.3 is 14.4 Å². The number of anilines is 3. The smallest absolute Gasteiger partial charge is 0.119 e. The van der Waals surface area contributed by atoms with Crippen molar-refractivity contribution in [2.45, 2.75) is 6.92 Å². The van der Waals surface area contributed by atoms with Gasteiger partial charge in [-0.3, -0.25) is 0 Å². The second kappa shape index (κ2) is 9.88. The molecule has 0 spiro atoms. The van der Waals surface area contributed by atoms with Gasteiger partial charge in [0.1, 0.15) is 11.5 Å². The normalized spacial score (nSPS) is 10.8. The fourth-order valence-corrected chi connectivity index (χ4v) is 3.61. The summed E-state index contributed by atoms with van der Waals surface area (Å²) in [6.45, 7) is 2.11. The molecule has 0 amide bonds. The van der Waals surface area contributed by atoms with Gasteiger partial charge in [-0.15, -0.1) is 0 Å². The molecule has 3 nitrogen and oxygen atoms in total. The minimum atomic E-state index is 0.833. The van der Waals surface area contributed by atoms with Crippen LogP contribution in [-0.4, -0.2) is 14.2 Å². The summed E-state index contributed by atoms with van der Waals surface area (Å²) in [6.07, 6.45) is 4.29. The first-order valence-electron chi connectivity index (χ1n) is 10.6. The van der Waals surface area contributed by atoms with Crippen LogP contribution in [0.25, 0.3) is 12.2 Å². The molecule has 32 heavy (non-hydrogen) atoms. The lowest BCUT2D eigenvalue weighted by Crippen LogP contribution is -2.09. The molecule has 0 atom stereocenters. The molecular formula is C29H27NO2. The number of aryl methyl sites for hydroxylation is 1. The Morgan fingerprint density at radius 3 is 1.50 bits per heavy atom. The highest BCUT2D eigenvalue weighted by Crippen LogP contribution is 2.36. The van der Waals surface area contributed by atoms with Gasteiger partial charge in [-0.05, 0) is 78.7 Å². The topological polar surface area (TPSA) is 21.7 Å². The summed E-state index contributed by atoms with van der Waals surface area (Å²) >= 11 is 0. The molecule has 0 saturated heterocycles. The zero-order valence-electron chi connectivity index (χ0n) is 18.7. The highest BCUT2D eigenvalue weighted by atomic mass is 16.5. The highest BCUT2D eigenvalue weighted by molar-refractivity contribution is 5.78. The third kappa shape index (κ3) is 5.01. The van der Waals surface area contributed by atoms with E-state index in [4.69, 9.17) is 9.47 Å². The van der Waals surface area contributed by atoms with Gasteiger partial charge in [-0.2, -0.15) is 0 Å². The van der Waals surface area contributed by atoms with Crippen molar-refractivity contribution in [3.05, 3.63) is 114 Å². The molecule has 4 aromatic carbocycles. The first-order valence-corrected chi connectivity index (χ1v) is 10.6. The van der Waals surface area contributed by atoms with E-state index in [1.165, 1.54) is 11.1 Å². The largest absolute Gasteiger partial charge is 0.497 e. The van der Waals surface area contributed by atoms with Crippen LogP contribution in [0.15, 0.2) is 97.1 Å². The van der Waals surface area contributed by atoms with Crippen LogP contribution in [0.1, 0.15) is 16.7 Å². The Balaban J connectivity index is 1.65. The number of methoxy groups -OCH3 is 2. The van der Waals surface area contributed by atoms with Crippen molar-refractivity contribution in [3.63, 3.8) is 0 Å². The molecule has 4 aromatic rings. The maximum atomic E-state index is 5.33. The van der Waals surface area contributed by atoms with Gasteiger partial charge in [0.25, 0.3) is 0 Å². The van der Waals surface area contributed by atoms with Gasteiger partial charge in [-0.25, -0.2) is 0 Å². The van der Waals surface area contributed by atoms with Crippen LogP contribution in [0.2, 0.25) is 0 Å². The molecule has 0 aliphatic carbocycles. The van der Waals surface area contributed by atoms with E-state index in [0.29, 0.717) is 0 Å². The quantitative estimate of drug-likeness (QED) is 0.286. The molecule has 0 heterocycles. The third-order valence-corrected chi connectivity index (χ3v) is 5.32. The lowest BCUT2D eigenvalue weighted by molar-refractivity contribution is 0.415. The molecule has 0 radical (unpaired) electrons. The number of rotatable bonds is 7. The molecule has 160 valence electrons. The number of hydrogen-bond acceptors (Lipinski definition) is 3. The number of benzene rings is 4. The highest BCUT2D eigenvalue weighted by Gasteiger charge is 2.12. The Morgan fingerprint density at radius 2 is 1.03 bits per heavy atom. The molecule has 0 unspecified atom stereocenters. The fourth-order valence-electron chi connectivity index (χ4n) is 3.61. The SMILES string of the molecule is COc1ccc(N(c2ccc(C=Cc3cccc(C)c3)cc2)c2ccc(OC)cc2)cc1. The summed E-state index contributed by atoms with van der Waals surface area (Å²) in [6, 6.07) is 33.2. The lowest BCUT2D eigenvalue weighted by Gasteiger charge is -2.26. The maximum Gasteiger partial charge on any atom is 0.119 e. The third-order valence-electron chi connectivity index (χ3n) is 5.32. The Bertz CT molecular complexity index is 1130. The van der Waals surface area contributed by atoms with Gasteiger partial charge in [0, 0.05) is 17.1 Å². The molecule has 0 bridgehead atoms. The van der Waals surface area contributed by atoms with E-state index in [9.17, 15) is 0 Å². The second-order valence-electron chi connectivity index (χ2n) is 7.57. The summed E-state index contributed by atoms with van der Waals surface area (Å²) in [7, 11) is 3.36. The lowest BCUT2D eigenvalue weighted by atomic mass is 10.1. The van der Waals surface area contributed by atoms with Crippen LogP contribution in [-0.2, 0) is 0 Å². The average Bonchev–Trinajstić information content (AvgIpc) is 2.84. The first kappa shape index (κ1) is 21.3. The van der Waals surface area contributed by atoms with E-state index in [2.05, 4.69) is 96.8 Å². The van der Waals surface area contributed by atoms with Crippen molar-refractivity contribution in [3.8, 4) is 11.5 Å². The van der Waals surface area contributed by atoms with Crippen LogP contribution in [0.4, 0.5) is 17.1 Å². The average molecular weight is 422 g/mol. The van der Waals surface area contributed by atoms with Crippen molar-refractivity contribution in [1.29, 1.82) is 0 Å². The van der Waals surface area contributed by atoms with Crippen LogP contribution in [0, 0.1) is 6.92 Å². The number of nitrogens with zero attached hydrogens (tertiary/aromatic N) is 1. The summed E-state index contributed by atoms with van der Waals surface area (Å²) in [5, 5.41) is 0. The molecule has 0 aliphatic heterocycles. The molecule has 0 aliphatic rings. The number of hydrogen-bond donors (Lipinski definition) is 0. The molecular weight excluding hydrogens is 394 g/mol. The van der Waals surface area contributed by atoms with Gasteiger partial charge >= 0.3 is 0 Å². The van der Waals surface area contributed by atoms with Gasteiger partial charge in [-0.1, -0.05) is 54.1 Å². The Labute approximate surface area is 190 Å². The molecule has 0 aromatic heterocycles.